The molecule has 1 aromatic heterocycles. The van der Waals surface area contributed by atoms with Gasteiger partial charge in [-0.2, -0.15) is 5.10 Å². The Hall–Kier alpha value is -3.76. The molecule has 0 aliphatic carbocycles. The number of nitrogens with two attached hydrogens (primary N) is 1. The molecule has 5 N–H and O–H groups in total. The number of benzene rings is 2. The smallest absolute Gasteiger partial charge is 0.323 e. The lowest BCUT2D eigenvalue weighted by atomic mass is 9.99. The molecule has 2 aromatic carbocycles. The van der Waals surface area contributed by atoms with E-state index in [1.165, 1.54) is 26.0 Å². The minimum absolute atomic E-state index is 0.120. The lowest BCUT2D eigenvalue weighted by Gasteiger charge is -2.29. The Balaban J connectivity index is 1.56. The molecule has 1 aliphatic heterocycles. The first-order chi connectivity index (χ1) is 16.8. The summed E-state index contributed by atoms with van der Waals surface area (Å²) in [6.45, 7) is 6.07. The predicted octanol–water partition coefficient (Wildman–Crippen LogP) is 5.06. The van der Waals surface area contributed by atoms with Crippen molar-refractivity contribution in [1.82, 2.24) is 9.58 Å². The van der Waals surface area contributed by atoms with E-state index in [9.17, 15) is 18.7 Å². The van der Waals surface area contributed by atoms with Crippen LogP contribution in [0, 0.1) is 5.82 Å². The molecule has 1 unspecified atom stereocenters. The van der Waals surface area contributed by atoms with Crippen molar-refractivity contribution in [3.05, 3.63) is 71.3 Å². The minimum atomic E-state index is -1.68. The molecule has 4 rings (SSSR count). The van der Waals surface area contributed by atoms with E-state index in [1.807, 2.05) is 13.1 Å². The number of nitrogens with zero attached hydrogens (tertiary/aromatic N) is 3. The number of alkyl halides is 1. The highest BCUT2D eigenvalue weighted by Crippen LogP contribution is 2.37. The fraction of sp³-hybridized carbons (Fsp3) is 0.308. The van der Waals surface area contributed by atoms with Gasteiger partial charge in [-0.15, -0.1) is 0 Å². The average Bonchev–Trinajstić information content (AvgIpc) is 3.18. The zero-order valence-corrected chi connectivity index (χ0v) is 20.8. The minimum Gasteiger partial charge on any atom is -0.384 e. The van der Waals surface area contributed by atoms with Gasteiger partial charge in [0, 0.05) is 18.3 Å². The molecule has 0 spiro atoms. The molecule has 0 fully saturated rings. The van der Waals surface area contributed by atoms with E-state index in [1.54, 1.807) is 54.0 Å². The van der Waals surface area contributed by atoms with Crippen molar-refractivity contribution in [3.63, 3.8) is 0 Å². The van der Waals surface area contributed by atoms with E-state index < -0.39 is 29.3 Å². The quantitative estimate of drug-likeness (QED) is 0.396. The Morgan fingerprint density at radius 2 is 1.75 bits per heavy atom. The molecule has 0 bridgehead atoms. The monoisotopic (exact) mass is 496 g/mol. The summed E-state index contributed by atoms with van der Waals surface area (Å²) in [5.41, 5.74) is 7.11. The van der Waals surface area contributed by atoms with Gasteiger partial charge in [0.2, 0.25) is 0 Å². The van der Waals surface area contributed by atoms with Crippen LogP contribution in [0.1, 0.15) is 50.8 Å². The van der Waals surface area contributed by atoms with Crippen LogP contribution in [0.3, 0.4) is 0 Å². The van der Waals surface area contributed by atoms with Crippen molar-refractivity contribution in [2.24, 2.45) is 10.8 Å². The number of rotatable bonds is 5. The highest BCUT2D eigenvalue weighted by atomic mass is 19.1. The summed E-state index contributed by atoms with van der Waals surface area (Å²) in [4.78, 5) is 14.3. The van der Waals surface area contributed by atoms with Crippen LogP contribution in [0.15, 0.2) is 53.6 Å². The molecule has 0 saturated heterocycles. The lowest BCUT2D eigenvalue weighted by molar-refractivity contribution is 0.0696. The number of nitrogens with one attached hydrogen (secondary N) is 2. The van der Waals surface area contributed by atoms with Crippen LogP contribution in [0.2, 0.25) is 0 Å². The molecule has 190 valence electrons. The van der Waals surface area contributed by atoms with Crippen LogP contribution in [-0.4, -0.2) is 34.1 Å². The van der Waals surface area contributed by atoms with Crippen LogP contribution in [0.5, 0.6) is 0 Å². The number of amides is 2. The summed E-state index contributed by atoms with van der Waals surface area (Å²) >= 11 is 0. The van der Waals surface area contributed by atoms with E-state index in [0.717, 1.165) is 22.9 Å². The molecule has 36 heavy (non-hydrogen) atoms. The van der Waals surface area contributed by atoms with Gasteiger partial charge in [0.25, 0.3) is 0 Å². The van der Waals surface area contributed by atoms with Crippen LogP contribution in [-0.2, 0) is 11.3 Å². The van der Waals surface area contributed by atoms with Crippen LogP contribution < -0.4 is 16.4 Å². The maximum atomic E-state index is 14.2. The van der Waals surface area contributed by atoms with Gasteiger partial charge in [-0.1, -0.05) is 18.2 Å². The summed E-state index contributed by atoms with van der Waals surface area (Å²) in [6.07, 6.45) is 1.13. The molecule has 0 radical (unpaired) electrons. The van der Waals surface area contributed by atoms with E-state index in [0.29, 0.717) is 11.4 Å². The van der Waals surface area contributed by atoms with Gasteiger partial charge in [-0.25, -0.2) is 18.3 Å². The van der Waals surface area contributed by atoms with Gasteiger partial charge < -0.3 is 26.4 Å². The van der Waals surface area contributed by atoms with E-state index >= 15 is 0 Å². The number of carbonyl (C=O) groups excluding carboxylic acids is 1. The Bertz CT molecular complexity index is 1320. The van der Waals surface area contributed by atoms with E-state index in [4.69, 9.17) is 5.73 Å². The third-order valence-electron chi connectivity index (χ3n) is 6.06. The van der Waals surface area contributed by atoms with Gasteiger partial charge in [0.05, 0.1) is 17.1 Å². The molecule has 10 heteroatoms. The van der Waals surface area contributed by atoms with E-state index in [-0.39, 0.29) is 11.3 Å². The van der Waals surface area contributed by atoms with Crippen LogP contribution in [0.4, 0.5) is 25.0 Å². The van der Waals surface area contributed by atoms with E-state index in [2.05, 4.69) is 15.7 Å². The summed E-state index contributed by atoms with van der Waals surface area (Å²) in [6, 6.07) is 11.9. The summed E-state index contributed by atoms with van der Waals surface area (Å²) < 4.78 is 30.1. The van der Waals surface area contributed by atoms with Crippen molar-refractivity contribution in [2.75, 3.05) is 17.7 Å². The fourth-order valence-electron chi connectivity index (χ4n) is 4.00. The normalized spacial score (nSPS) is 15.6. The number of aliphatic hydroxyl groups is 1. The molecule has 8 nitrogen and oxygen atoms in total. The number of anilines is 2. The van der Waals surface area contributed by atoms with Crippen LogP contribution >= 0.6 is 0 Å². The molecule has 3 aromatic rings. The fourth-order valence-corrected chi connectivity index (χ4v) is 4.00. The SMILES string of the molecule is CN1C=Nn2c(C(C)(C)O)cc(-c3ccc(NC(=O)Nc4cc(C(C)(C)F)ccc4F)cc3)c2C1N. The first kappa shape index (κ1) is 25.3. The molecule has 2 amide bonds. The summed E-state index contributed by atoms with van der Waals surface area (Å²) in [5.74, 6) is -0.668. The molecule has 0 saturated carbocycles. The second-order valence-corrected chi connectivity index (χ2v) is 9.86. The summed E-state index contributed by atoms with van der Waals surface area (Å²) in [7, 11) is 1.82. The average molecular weight is 497 g/mol. The second kappa shape index (κ2) is 9.03. The number of hydrogen-bond acceptors (Lipinski definition) is 5. The van der Waals surface area contributed by atoms with Crippen molar-refractivity contribution in [1.29, 1.82) is 0 Å². The van der Waals surface area contributed by atoms with Gasteiger partial charge in [-0.05, 0) is 69.2 Å². The number of hydrogen-bond donors (Lipinski definition) is 4. The van der Waals surface area contributed by atoms with Crippen molar-refractivity contribution in [3.8, 4) is 11.1 Å². The zero-order valence-electron chi connectivity index (χ0n) is 20.8. The first-order valence-corrected chi connectivity index (χ1v) is 11.4. The third kappa shape index (κ3) is 4.95. The maximum absolute atomic E-state index is 14.2. The number of halogens is 2. The zero-order chi connectivity index (χ0) is 26.4. The molecule has 1 atom stereocenters. The Labute approximate surface area is 208 Å². The standard InChI is InChI=1S/C26H30F2N6O2/c1-25(2,28)16-8-11-19(27)20(12-16)32-24(35)31-17-9-6-15(7-10-17)18-13-21(26(3,4)36)34-22(18)23(29)33(5)14-30-34/h6-14,23,36H,29H2,1-5H3,(H2,31,32,35). The largest absolute Gasteiger partial charge is 0.384 e. The number of carbonyl (C=O) groups is 1. The van der Waals surface area contributed by atoms with Gasteiger partial charge >= 0.3 is 6.03 Å². The molecule has 1 aliphatic rings. The Morgan fingerprint density at radius 1 is 1.08 bits per heavy atom. The summed E-state index contributed by atoms with van der Waals surface area (Å²) in [5, 5.41) is 20.2. The van der Waals surface area contributed by atoms with Crippen molar-refractivity contribution >= 4 is 23.7 Å². The lowest BCUT2D eigenvalue weighted by Crippen LogP contribution is -2.36. The highest BCUT2D eigenvalue weighted by molar-refractivity contribution is 6.00. The van der Waals surface area contributed by atoms with Crippen molar-refractivity contribution < 1.29 is 18.7 Å². The van der Waals surface area contributed by atoms with Crippen molar-refractivity contribution in [2.45, 2.75) is 45.1 Å². The second-order valence-electron chi connectivity index (χ2n) is 9.86. The molecular formula is C26H30F2N6O2. The Morgan fingerprint density at radius 3 is 2.36 bits per heavy atom. The highest BCUT2D eigenvalue weighted by Gasteiger charge is 2.31. The molecule has 2 heterocycles. The first-order valence-electron chi connectivity index (χ1n) is 11.4. The van der Waals surface area contributed by atoms with Gasteiger partial charge in [0.15, 0.2) is 0 Å². The van der Waals surface area contributed by atoms with Gasteiger partial charge in [0.1, 0.15) is 29.6 Å². The maximum Gasteiger partial charge on any atom is 0.323 e. The predicted molar refractivity (Wildman–Crippen MR) is 137 cm³/mol. The number of fused-ring (bicyclic) bond motifs is 1. The number of urea groups is 1. The molecular weight excluding hydrogens is 466 g/mol. The van der Waals surface area contributed by atoms with Crippen LogP contribution in [0.25, 0.3) is 11.1 Å². The third-order valence-corrected chi connectivity index (χ3v) is 6.06. The number of aromatic nitrogens is 1. The topological polar surface area (TPSA) is 108 Å². The van der Waals surface area contributed by atoms with Gasteiger partial charge in [-0.3, -0.25) is 0 Å². The Kier molecular flexibility index (Phi) is 6.36.